The zero-order chi connectivity index (χ0) is 11.8. The molecular weight excluding hydrogens is 284 g/mol. The van der Waals surface area contributed by atoms with Crippen molar-refractivity contribution in [2.24, 2.45) is 0 Å². The number of rotatable bonds is 2. The van der Waals surface area contributed by atoms with E-state index in [1.54, 1.807) is 14.2 Å². The number of hydrogen-bond acceptors (Lipinski definition) is 2. The highest BCUT2D eigenvalue weighted by molar-refractivity contribution is 9.10. The van der Waals surface area contributed by atoms with Crippen LogP contribution in [0.2, 0.25) is 0 Å². The molecule has 2 aromatic rings. The van der Waals surface area contributed by atoms with Crippen molar-refractivity contribution in [1.29, 1.82) is 0 Å². The van der Waals surface area contributed by atoms with Crippen LogP contribution in [-0.4, -0.2) is 24.2 Å². The summed E-state index contributed by atoms with van der Waals surface area (Å²) < 4.78 is 10.4. The molecule has 0 bridgehead atoms. The van der Waals surface area contributed by atoms with Gasteiger partial charge in [0.15, 0.2) is 0 Å². The summed E-state index contributed by atoms with van der Waals surface area (Å²) in [5, 5.41) is 2.55. The van der Waals surface area contributed by atoms with Gasteiger partial charge in [-0.15, -0.1) is 0 Å². The van der Waals surface area contributed by atoms with Crippen LogP contribution < -0.4 is 0 Å². The van der Waals surface area contributed by atoms with E-state index in [1.165, 1.54) is 10.8 Å². The molecular formula is C12H15BrO2Si. The number of hydrogen-bond donors (Lipinski definition) is 0. The summed E-state index contributed by atoms with van der Waals surface area (Å²) >= 11 is 3.50. The fourth-order valence-corrected chi connectivity index (χ4v) is 2.05. The average molecular weight is 299 g/mol. The monoisotopic (exact) mass is 298 g/mol. The van der Waals surface area contributed by atoms with Crippen LogP contribution in [0.5, 0.6) is 0 Å². The molecule has 2 rings (SSSR count). The van der Waals surface area contributed by atoms with E-state index in [1.807, 2.05) is 12.1 Å². The molecule has 2 nitrogen and oxygen atoms in total. The van der Waals surface area contributed by atoms with Gasteiger partial charge in [0.05, 0.1) is 0 Å². The van der Waals surface area contributed by atoms with Crippen LogP contribution >= 0.6 is 15.9 Å². The van der Waals surface area contributed by atoms with Gasteiger partial charge < -0.3 is 8.85 Å². The average Bonchev–Trinajstić information content (AvgIpc) is 2.32. The zero-order valence-corrected chi connectivity index (χ0v) is 12.4. The molecule has 0 saturated heterocycles. The van der Waals surface area contributed by atoms with Crippen molar-refractivity contribution in [2.45, 2.75) is 0 Å². The molecule has 2 aromatic carbocycles. The predicted molar refractivity (Wildman–Crippen MR) is 74.2 cm³/mol. The molecule has 0 aliphatic heterocycles. The van der Waals surface area contributed by atoms with E-state index in [4.69, 9.17) is 0 Å². The lowest BCUT2D eigenvalue weighted by Gasteiger charge is -1.97. The minimum Gasteiger partial charge on any atom is -0.402 e. The molecule has 0 spiro atoms. The Balaban J connectivity index is 0.000000221. The van der Waals surface area contributed by atoms with Crippen LogP contribution in [-0.2, 0) is 8.85 Å². The van der Waals surface area contributed by atoms with Gasteiger partial charge in [-0.1, -0.05) is 52.3 Å². The third-order valence-electron chi connectivity index (χ3n) is 1.97. The van der Waals surface area contributed by atoms with Gasteiger partial charge in [-0.05, 0) is 16.8 Å². The van der Waals surface area contributed by atoms with Gasteiger partial charge in [-0.3, -0.25) is 0 Å². The molecule has 0 radical (unpaired) electrons. The second-order valence-corrected chi connectivity index (χ2v) is 5.40. The van der Waals surface area contributed by atoms with E-state index in [2.05, 4.69) is 55.1 Å². The van der Waals surface area contributed by atoms with Crippen molar-refractivity contribution < 1.29 is 8.85 Å². The summed E-state index contributed by atoms with van der Waals surface area (Å²) in [7, 11) is 2.73. The van der Waals surface area contributed by atoms with Crippen molar-refractivity contribution in [2.75, 3.05) is 14.2 Å². The third-order valence-corrected chi connectivity index (χ3v) is 3.14. The van der Waals surface area contributed by atoms with E-state index < -0.39 is 10.0 Å². The fourth-order valence-electron chi connectivity index (χ4n) is 1.30. The lowest BCUT2D eigenvalue weighted by molar-refractivity contribution is 0.309. The molecule has 0 fully saturated rings. The normalized spacial score (nSPS) is 9.69. The van der Waals surface area contributed by atoms with E-state index in [0.717, 1.165) is 4.47 Å². The second-order valence-electron chi connectivity index (χ2n) is 3.16. The molecule has 4 heteroatoms. The minimum atomic E-state index is -0.568. The highest BCUT2D eigenvalue weighted by atomic mass is 79.9. The van der Waals surface area contributed by atoms with Crippen molar-refractivity contribution in [3.05, 3.63) is 46.9 Å². The summed E-state index contributed by atoms with van der Waals surface area (Å²) in [4.78, 5) is 0. The first kappa shape index (κ1) is 13.4. The lowest BCUT2D eigenvalue weighted by Crippen LogP contribution is -1.93. The van der Waals surface area contributed by atoms with Gasteiger partial charge in [0.1, 0.15) is 0 Å². The highest BCUT2D eigenvalue weighted by Gasteiger charge is 1.93. The summed E-state index contributed by atoms with van der Waals surface area (Å²) in [6.07, 6.45) is 0. The van der Waals surface area contributed by atoms with Crippen LogP contribution in [0.1, 0.15) is 0 Å². The number of fused-ring (bicyclic) bond motifs is 1. The maximum atomic E-state index is 4.61. The molecule has 0 amide bonds. The molecule has 16 heavy (non-hydrogen) atoms. The van der Waals surface area contributed by atoms with Gasteiger partial charge in [0.25, 0.3) is 0 Å². The Bertz CT molecular complexity index is 427. The molecule has 0 unspecified atom stereocenters. The molecule has 86 valence electrons. The topological polar surface area (TPSA) is 18.5 Å². The smallest absolute Gasteiger partial charge is 0.303 e. The molecule has 0 N–H and O–H groups in total. The third kappa shape index (κ3) is 4.06. The van der Waals surface area contributed by atoms with Crippen LogP contribution in [0.15, 0.2) is 46.9 Å². The highest BCUT2D eigenvalue weighted by Crippen LogP contribution is 2.22. The Morgan fingerprint density at radius 2 is 1.56 bits per heavy atom. The first-order valence-corrected chi connectivity index (χ1v) is 6.85. The fraction of sp³-hybridized carbons (Fsp3) is 0.167. The van der Waals surface area contributed by atoms with Crippen LogP contribution in [0, 0.1) is 0 Å². The first-order valence-electron chi connectivity index (χ1n) is 4.90. The van der Waals surface area contributed by atoms with Crippen molar-refractivity contribution in [3.8, 4) is 0 Å². The molecule has 0 atom stereocenters. The van der Waals surface area contributed by atoms with Crippen molar-refractivity contribution in [1.82, 2.24) is 0 Å². The summed E-state index contributed by atoms with van der Waals surface area (Å²) in [6.45, 7) is 0. The lowest BCUT2D eigenvalue weighted by atomic mass is 10.1. The van der Waals surface area contributed by atoms with Crippen LogP contribution in [0.4, 0.5) is 0 Å². The van der Waals surface area contributed by atoms with Crippen molar-refractivity contribution >= 4 is 36.7 Å². The molecule has 0 heterocycles. The van der Waals surface area contributed by atoms with Gasteiger partial charge in [0.2, 0.25) is 0 Å². The van der Waals surface area contributed by atoms with Gasteiger partial charge in [-0.2, -0.15) is 0 Å². The Labute approximate surface area is 107 Å². The summed E-state index contributed by atoms with van der Waals surface area (Å²) in [6, 6.07) is 14.5. The van der Waals surface area contributed by atoms with Crippen LogP contribution in [0.3, 0.4) is 0 Å². The second kappa shape index (κ2) is 7.57. The van der Waals surface area contributed by atoms with E-state index in [0.29, 0.717) is 0 Å². The Morgan fingerprint density at radius 1 is 0.938 bits per heavy atom. The molecule has 0 saturated carbocycles. The Morgan fingerprint density at radius 3 is 2.12 bits per heavy atom. The number of benzene rings is 2. The number of halogens is 1. The summed E-state index contributed by atoms with van der Waals surface area (Å²) in [5.41, 5.74) is 0. The quantitative estimate of drug-likeness (QED) is 0.794. The largest absolute Gasteiger partial charge is 0.402 e. The van der Waals surface area contributed by atoms with E-state index in [9.17, 15) is 0 Å². The predicted octanol–water partition coefficient (Wildman–Crippen LogP) is 2.88. The Hall–Kier alpha value is -0.683. The molecule has 0 aliphatic carbocycles. The standard InChI is InChI=1S/C10H7Br.C2H8O2Si/c11-10-7-3-5-8-4-1-2-6-9(8)10;1-3-5-4-2/h1-7H;5H2,1-2H3. The Kier molecular flexibility index (Phi) is 6.33. The van der Waals surface area contributed by atoms with Gasteiger partial charge in [-0.25, -0.2) is 0 Å². The van der Waals surface area contributed by atoms with E-state index in [-0.39, 0.29) is 0 Å². The maximum absolute atomic E-state index is 4.61. The SMILES string of the molecule is Brc1cccc2ccccc12.CO[SiH2]OC. The first-order chi connectivity index (χ1) is 7.79. The minimum absolute atomic E-state index is 0.568. The van der Waals surface area contributed by atoms with Gasteiger partial charge >= 0.3 is 10.0 Å². The molecule has 0 aliphatic rings. The summed E-state index contributed by atoms with van der Waals surface area (Å²) in [5.74, 6) is 0. The molecule has 0 aromatic heterocycles. The van der Waals surface area contributed by atoms with E-state index >= 15 is 0 Å². The maximum Gasteiger partial charge on any atom is 0.303 e. The van der Waals surface area contributed by atoms with Gasteiger partial charge in [0, 0.05) is 18.7 Å². The zero-order valence-electron chi connectivity index (χ0n) is 9.44. The van der Waals surface area contributed by atoms with Crippen LogP contribution in [0.25, 0.3) is 10.8 Å². The van der Waals surface area contributed by atoms with Crippen molar-refractivity contribution in [3.63, 3.8) is 0 Å².